The van der Waals surface area contributed by atoms with Gasteiger partial charge in [-0.05, 0) is 38.5 Å². The molecule has 1 aliphatic rings. The first kappa shape index (κ1) is 13.6. The predicted molar refractivity (Wildman–Crippen MR) is 70.2 cm³/mol. The summed E-state index contributed by atoms with van der Waals surface area (Å²) in [7, 11) is 0. The van der Waals surface area contributed by atoms with E-state index in [0.29, 0.717) is 12.0 Å². The lowest BCUT2D eigenvalue weighted by Gasteiger charge is -2.35. The maximum atomic E-state index is 10.2. The van der Waals surface area contributed by atoms with Crippen LogP contribution in [-0.4, -0.2) is 27.6 Å². The van der Waals surface area contributed by atoms with E-state index in [0.717, 1.165) is 44.4 Å². The highest BCUT2D eigenvalue weighted by Gasteiger charge is 2.31. The minimum Gasteiger partial charge on any atom is -0.388 e. The molecule has 0 radical (unpaired) electrons. The molecule has 1 aliphatic carbocycles. The van der Waals surface area contributed by atoms with Crippen molar-refractivity contribution in [3.05, 3.63) is 18.0 Å². The van der Waals surface area contributed by atoms with Gasteiger partial charge < -0.3 is 9.84 Å². The van der Waals surface area contributed by atoms with Crippen molar-refractivity contribution in [1.82, 2.24) is 9.78 Å². The molecule has 18 heavy (non-hydrogen) atoms. The van der Waals surface area contributed by atoms with Crippen LogP contribution in [0.3, 0.4) is 0 Å². The number of nitrogens with zero attached hydrogens (tertiary/aromatic N) is 2. The van der Waals surface area contributed by atoms with Gasteiger partial charge >= 0.3 is 0 Å². The van der Waals surface area contributed by atoms with Gasteiger partial charge in [0.15, 0.2) is 0 Å². The third-order valence-electron chi connectivity index (χ3n) is 3.64. The summed E-state index contributed by atoms with van der Waals surface area (Å²) in [5, 5.41) is 14.4. The van der Waals surface area contributed by atoms with Crippen LogP contribution in [0.15, 0.2) is 12.4 Å². The maximum absolute atomic E-state index is 10.2. The molecule has 4 heteroatoms. The molecule has 1 atom stereocenters. The first-order valence-electron chi connectivity index (χ1n) is 7.04. The Bertz CT molecular complexity index is 358. The number of hydrogen-bond donors (Lipinski definition) is 1. The molecule has 1 aromatic rings. The number of aliphatic hydroxyl groups excluding tert-OH is 1. The Labute approximate surface area is 109 Å². The Morgan fingerprint density at radius 3 is 2.94 bits per heavy atom. The number of aryl methyl sites for hydroxylation is 1. The van der Waals surface area contributed by atoms with Crippen LogP contribution in [0.25, 0.3) is 0 Å². The van der Waals surface area contributed by atoms with Gasteiger partial charge in [-0.3, -0.25) is 4.68 Å². The summed E-state index contributed by atoms with van der Waals surface area (Å²) < 4.78 is 7.44. The zero-order chi connectivity index (χ0) is 13.0. The van der Waals surface area contributed by atoms with E-state index in [1.165, 1.54) is 0 Å². The fraction of sp³-hybridized carbons (Fsp3) is 0.786. The van der Waals surface area contributed by atoms with Gasteiger partial charge in [-0.2, -0.15) is 5.10 Å². The van der Waals surface area contributed by atoms with Crippen LogP contribution in [0.4, 0.5) is 0 Å². The predicted octanol–water partition coefficient (Wildman–Crippen LogP) is 2.53. The first-order chi connectivity index (χ1) is 8.72. The molecule has 1 aromatic heterocycles. The fourth-order valence-corrected chi connectivity index (χ4v) is 2.59. The maximum Gasteiger partial charge on any atom is 0.0823 e. The van der Waals surface area contributed by atoms with Crippen molar-refractivity contribution in [3.8, 4) is 0 Å². The molecular weight excluding hydrogens is 228 g/mol. The van der Waals surface area contributed by atoms with Crippen molar-refractivity contribution in [1.29, 1.82) is 0 Å². The van der Waals surface area contributed by atoms with E-state index in [-0.39, 0.29) is 6.10 Å². The highest BCUT2D eigenvalue weighted by atomic mass is 16.5. The number of hydrogen-bond acceptors (Lipinski definition) is 3. The van der Waals surface area contributed by atoms with E-state index in [9.17, 15) is 5.11 Å². The van der Waals surface area contributed by atoms with E-state index in [1.807, 2.05) is 17.8 Å². The third kappa shape index (κ3) is 3.33. The van der Waals surface area contributed by atoms with Gasteiger partial charge in [-0.15, -0.1) is 0 Å². The fourth-order valence-electron chi connectivity index (χ4n) is 2.59. The topological polar surface area (TPSA) is 47.3 Å². The number of aromatic nitrogens is 2. The van der Waals surface area contributed by atoms with Crippen molar-refractivity contribution in [2.75, 3.05) is 6.61 Å². The second-order valence-corrected chi connectivity index (χ2v) is 5.20. The van der Waals surface area contributed by atoms with Crippen LogP contribution >= 0.6 is 0 Å². The molecule has 0 bridgehead atoms. The molecule has 4 nitrogen and oxygen atoms in total. The van der Waals surface area contributed by atoms with Gasteiger partial charge in [0.1, 0.15) is 0 Å². The van der Waals surface area contributed by atoms with Crippen LogP contribution in [0.2, 0.25) is 0 Å². The second-order valence-electron chi connectivity index (χ2n) is 5.20. The quantitative estimate of drug-likeness (QED) is 0.811. The average Bonchev–Trinajstić information content (AvgIpc) is 2.75. The number of aliphatic hydroxyl groups is 1. The Balaban J connectivity index is 1.76. The molecule has 0 spiro atoms. The van der Waals surface area contributed by atoms with Crippen LogP contribution < -0.4 is 0 Å². The lowest BCUT2D eigenvalue weighted by atomic mass is 9.78. The Morgan fingerprint density at radius 1 is 1.50 bits per heavy atom. The van der Waals surface area contributed by atoms with Crippen LogP contribution in [0, 0.1) is 5.92 Å². The summed E-state index contributed by atoms with van der Waals surface area (Å²) in [5.41, 5.74) is 0.948. The number of rotatable bonds is 7. The van der Waals surface area contributed by atoms with Crippen molar-refractivity contribution in [2.45, 2.75) is 58.3 Å². The highest BCUT2D eigenvalue weighted by molar-refractivity contribution is 5.08. The number of ether oxygens (including phenoxy) is 1. The normalized spacial score (nSPS) is 24.8. The summed E-state index contributed by atoms with van der Waals surface area (Å²) in [6.45, 7) is 5.87. The molecule has 1 heterocycles. The van der Waals surface area contributed by atoms with E-state index < -0.39 is 0 Å². The summed E-state index contributed by atoms with van der Waals surface area (Å²) in [6.07, 6.45) is 7.89. The van der Waals surface area contributed by atoms with Crippen LogP contribution in [0.1, 0.15) is 51.2 Å². The first-order valence-corrected chi connectivity index (χ1v) is 7.04. The van der Waals surface area contributed by atoms with Gasteiger partial charge in [0, 0.05) is 24.9 Å². The highest BCUT2D eigenvalue weighted by Crippen LogP contribution is 2.36. The lowest BCUT2D eigenvalue weighted by molar-refractivity contribution is -0.0380. The summed E-state index contributed by atoms with van der Waals surface area (Å²) in [6, 6.07) is 0. The molecule has 1 unspecified atom stereocenters. The summed E-state index contributed by atoms with van der Waals surface area (Å²) in [4.78, 5) is 0. The van der Waals surface area contributed by atoms with E-state index >= 15 is 0 Å². The Kier molecular flexibility index (Phi) is 4.78. The molecule has 0 saturated heterocycles. The molecule has 1 N–H and O–H groups in total. The van der Waals surface area contributed by atoms with Crippen molar-refractivity contribution < 1.29 is 9.84 Å². The van der Waals surface area contributed by atoms with Gasteiger partial charge in [-0.1, -0.05) is 6.92 Å². The van der Waals surface area contributed by atoms with Crippen LogP contribution in [-0.2, 0) is 11.3 Å². The Morgan fingerprint density at radius 2 is 2.28 bits per heavy atom. The summed E-state index contributed by atoms with van der Waals surface area (Å²) >= 11 is 0. The van der Waals surface area contributed by atoms with Gasteiger partial charge in [0.25, 0.3) is 0 Å². The molecule has 2 rings (SSSR count). The summed E-state index contributed by atoms with van der Waals surface area (Å²) in [5.74, 6) is 0.603. The minimum absolute atomic E-state index is 0.372. The Hall–Kier alpha value is -0.870. The molecule has 0 aliphatic heterocycles. The van der Waals surface area contributed by atoms with Crippen LogP contribution in [0.5, 0.6) is 0 Å². The average molecular weight is 252 g/mol. The van der Waals surface area contributed by atoms with Crippen molar-refractivity contribution in [3.63, 3.8) is 0 Å². The monoisotopic (exact) mass is 252 g/mol. The molecule has 0 amide bonds. The standard InChI is InChI=1S/C14H24N2O2/c1-3-5-16-10-12(9-15-16)14(17)8-11-6-13(7-11)18-4-2/h9-11,13-14,17H,3-8H2,1-2H3. The SMILES string of the molecule is CCCn1cc(C(O)CC2CC(OCC)C2)cn1. The van der Waals surface area contributed by atoms with Crippen molar-refractivity contribution >= 4 is 0 Å². The largest absolute Gasteiger partial charge is 0.388 e. The second kappa shape index (κ2) is 6.34. The molecule has 1 fully saturated rings. The lowest BCUT2D eigenvalue weighted by Crippen LogP contribution is -2.32. The zero-order valence-electron chi connectivity index (χ0n) is 11.4. The van der Waals surface area contributed by atoms with Gasteiger partial charge in [0.2, 0.25) is 0 Å². The third-order valence-corrected chi connectivity index (χ3v) is 3.64. The van der Waals surface area contributed by atoms with E-state index in [4.69, 9.17) is 4.74 Å². The smallest absolute Gasteiger partial charge is 0.0823 e. The van der Waals surface area contributed by atoms with Crippen molar-refractivity contribution in [2.24, 2.45) is 5.92 Å². The van der Waals surface area contributed by atoms with Gasteiger partial charge in [0.05, 0.1) is 18.4 Å². The molecular formula is C14H24N2O2. The molecule has 0 aromatic carbocycles. The molecule has 1 saturated carbocycles. The minimum atomic E-state index is -0.372. The zero-order valence-corrected chi connectivity index (χ0v) is 11.4. The van der Waals surface area contributed by atoms with E-state index in [1.54, 1.807) is 6.20 Å². The van der Waals surface area contributed by atoms with Gasteiger partial charge in [-0.25, -0.2) is 0 Å². The van der Waals surface area contributed by atoms with E-state index in [2.05, 4.69) is 12.0 Å². The molecule has 102 valence electrons.